The van der Waals surface area contributed by atoms with Gasteiger partial charge >= 0.3 is 0 Å². The Kier molecular flexibility index (Phi) is 9.36. The van der Waals surface area contributed by atoms with E-state index in [1.165, 1.54) is 6.42 Å². The van der Waals surface area contributed by atoms with Crippen LogP contribution in [0.25, 0.3) is 0 Å². The minimum Gasteiger partial charge on any atom is -0.484 e. The summed E-state index contributed by atoms with van der Waals surface area (Å²) in [7, 11) is 0. The lowest BCUT2D eigenvalue weighted by Crippen LogP contribution is -2.53. The molecule has 0 saturated heterocycles. The normalized spacial score (nSPS) is 14.5. The van der Waals surface area contributed by atoms with Gasteiger partial charge in [-0.2, -0.15) is 0 Å². The van der Waals surface area contributed by atoms with E-state index in [0.717, 1.165) is 47.9 Å². The molecule has 1 aliphatic carbocycles. The minimum absolute atomic E-state index is 0.0901. The number of rotatable bonds is 10. The van der Waals surface area contributed by atoms with Gasteiger partial charge in [0, 0.05) is 19.0 Å². The first-order valence-corrected chi connectivity index (χ1v) is 13.4. The standard InChI is InChI=1S/C32H38N2O3/c1-24-12-11-16-27(20-24)22-34(31(35)23-37-30-19-10-9-13-25(30)2)29(21-26-14-5-3-6-15-26)32(36)33-28-17-7-4-8-18-28/h3,5-6,9-16,19-20,28-29H,4,7-8,17-18,21-23H2,1-2H3,(H,33,36). The third-order valence-electron chi connectivity index (χ3n) is 7.10. The Hall–Kier alpha value is -3.60. The predicted octanol–water partition coefficient (Wildman–Crippen LogP) is 5.77. The van der Waals surface area contributed by atoms with Gasteiger partial charge in [0.15, 0.2) is 6.61 Å². The third-order valence-corrected chi connectivity index (χ3v) is 7.10. The zero-order valence-corrected chi connectivity index (χ0v) is 22.0. The van der Waals surface area contributed by atoms with Gasteiger partial charge in [-0.3, -0.25) is 9.59 Å². The second kappa shape index (κ2) is 13.1. The van der Waals surface area contributed by atoms with Crippen LogP contribution in [0, 0.1) is 13.8 Å². The van der Waals surface area contributed by atoms with Crippen molar-refractivity contribution in [2.75, 3.05) is 6.61 Å². The zero-order chi connectivity index (χ0) is 26.0. The first-order valence-electron chi connectivity index (χ1n) is 13.4. The second-order valence-corrected chi connectivity index (χ2v) is 10.1. The summed E-state index contributed by atoms with van der Waals surface area (Å²) in [6.45, 7) is 4.21. The van der Waals surface area contributed by atoms with Gasteiger partial charge in [0.2, 0.25) is 5.91 Å². The summed E-state index contributed by atoms with van der Waals surface area (Å²) in [6, 6.07) is 25.2. The summed E-state index contributed by atoms with van der Waals surface area (Å²) in [4.78, 5) is 29.3. The fourth-order valence-electron chi connectivity index (χ4n) is 5.05. The summed E-state index contributed by atoms with van der Waals surface area (Å²) in [6.07, 6.45) is 5.91. The van der Waals surface area contributed by atoms with E-state index in [-0.39, 0.29) is 24.5 Å². The Labute approximate surface area is 220 Å². The average molecular weight is 499 g/mol. The van der Waals surface area contributed by atoms with Gasteiger partial charge in [-0.05, 0) is 49.4 Å². The molecule has 1 saturated carbocycles. The molecule has 1 atom stereocenters. The molecule has 0 spiro atoms. The number of ether oxygens (including phenoxy) is 1. The maximum absolute atomic E-state index is 13.8. The fourth-order valence-corrected chi connectivity index (χ4v) is 5.05. The van der Waals surface area contributed by atoms with Gasteiger partial charge in [0.05, 0.1) is 0 Å². The number of amides is 2. The first kappa shape index (κ1) is 26.5. The molecule has 0 heterocycles. The van der Waals surface area contributed by atoms with Gasteiger partial charge in [-0.25, -0.2) is 0 Å². The fraction of sp³-hybridized carbons (Fsp3) is 0.375. The minimum atomic E-state index is -0.641. The Balaban J connectivity index is 1.62. The van der Waals surface area contributed by atoms with Gasteiger partial charge in [0.25, 0.3) is 5.91 Å². The molecule has 5 nitrogen and oxygen atoms in total. The summed E-state index contributed by atoms with van der Waals surface area (Å²) in [5.41, 5.74) is 4.10. The summed E-state index contributed by atoms with van der Waals surface area (Å²) in [5, 5.41) is 3.28. The van der Waals surface area contributed by atoms with E-state index in [1.54, 1.807) is 4.90 Å². The number of hydrogen-bond donors (Lipinski definition) is 1. The summed E-state index contributed by atoms with van der Waals surface area (Å²) < 4.78 is 5.95. The maximum Gasteiger partial charge on any atom is 0.261 e. The third kappa shape index (κ3) is 7.69. The van der Waals surface area contributed by atoms with Crippen LogP contribution in [0.4, 0.5) is 0 Å². The van der Waals surface area contributed by atoms with E-state index in [4.69, 9.17) is 4.74 Å². The molecule has 0 radical (unpaired) electrons. The Bertz CT molecular complexity index is 1170. The molecule has 1 unspecified atom stereocenters. The monoisotopic (exact) mass is 498 g/mol. The molecule has 2 amide bonds. The molecule has 0 bridgehead atoms. The number of nitrogens with one attached hydrogen (secondary N) is 1. The number of hydrogen-bond acceptors (Lipinski definition) is 3. The van der Waals surface area contributed by atoms with Crippen molar-refractivity contribution in [3.63, 3.8) is 0 Å². The lowest BCUT2D eigenvalue weighted by molar-refractivity contribution is -0.143. The van der Waals surface area contributed by atoms with Crippen LogP contribution in [0.3, 0.4) is 0 Å². The maximum atomic E-state index is 13.8. The molecular weight excluding hydrogens is 460 g/mol. The van der Waals surface area contributed by atoms with E-state index in [2.05, 4.69) is 11.4 Å². The van der Waals surface area contributed by atoms with Crippen molar-refractivity contribution in [3.05, 3.63) is 101 Å². The number of aryl methyl sites for hydroxylation is 2. The topological polar surface area (TPSA) is 58.6 Å². The molecule has 3 aromatic carbocycles. The SMILES string of the molecule is Cc1cccc(CN(C(=O)COc2ccccc2C)C(Cc2ccccc2)C(=O)NC2CCCCC2)c1. The van der Waals surface area contributed by atoms with Crippen molar-refractivity contribution in [3.8, 4) is 5.75 Å². The summed E-state index contributed by atoms with van der Waals surface area (Å²) in [5.74, 6) is 0.384. The van der Waals surface area contributed by atoms with Crippen molar-refractivity contribution in [1.82, 2.24) is 10.2 Å². The number of para-hydroxylation sites is 1. The molecule has 37 heavy (non-hydrogen) atoms. The molecule has 194 valence electrons. The highest BCUT2D eigenvalue weighted by atomic mass is 16.5. The van der Waals surface area contributed by atoms with Crippen molar-refractivity contribution in [2.24, 2.45) is 0 Å². The van der Waals surface area contributed by atoms with Crippen LogP contribution in [0.15, 0.2) is 78.9 Å². The molecule has 0 aromatic heterocycles. The molecule has 4 rings (SSSR count). The van der Waals surface area contributed by atoms with Crippen LogP contribution in [-0.2, 0) is 22.6 Å². The van der Waals surface area contributed by atoms with Gasteiger partial charge in [-0.15, -0.1) is 0 Å². The molecule has 1 fully saturated rings. The number of nitrogens with zero attached hydrogens (tertiary/aromatic N) is 1. The molecule has 1 N–H and O–H groups in total. The van der Waals surface area contributed by atoms with Crippen LogP contribution in [0.5, 0.6) is 5.75 Å². The van der Waals surface area contributed by atoms with E-state index in [0.29, 0.717) is 18.7 Å². The molecule has 0 aliphatic heterocycles. The molecule has 5 heteroatoms. The highest BCUT2D eigenvalue weighted by molar-refractivity contribution is 5.88. The quantitative estimate of drug-likeness (QED) is 0.386. The molecule has 1 aliphatic rings. The molecule has 3 aromatic rings. The Morgan fingerprint density at radius 3 is 2.32 bits per heavy atom. The van der Waals surface area contributed by atoms with Crippen molar-refractivity contribution in [1.29, 1.82) is 0 Å². The largest absolute Gasteiger partial charge is 0.484 e. The lowest BCUT2D eigenvalue weighted by atomic mass is 9.94. The Morgan fingerprint density at radius 1 is 0.892 bits per heavy atom. The van der Waals surface area contributed by atoms with Crippen molar-refractivity contribution >= 4 is 11.8 Å². The van der Waals surface area contributed by atoms with Crippen LogP contribution < -0.4 is 10.1 Å². The Morgan fingerprint density at radius 2 is 1.59 bits per heavy atom. The van der Waals surface area contributed by atoms with Crippen LogP contribution in [0.2, 0.25) is 0 Å². The van der Waals surface area contributed by atoms with Gasteiger partial charge < -0.3 is 15.0 Å². The zero-order valence-electron chi connectivity index (χ0n) is 22.0. The number of carbonyl (C=O) groups is 2. The van der Waals surface area contributed by atoms with Gasteiger partial charge in [-0.1, -0.05) is 97.6 Å². The summed E-state index contributed by atoms with van der Waals surface area (Å²) >= 11 is 0. The average Bonchev–Trinajstić information content (AvgIpc) is 2.91. The number of carbonyl (C=O) groups excluding carboxylic acids is 2. The highest BCUT2D eigenvalue weighted by Crippen LogP contribution is 2.21. The van der Waals surface area contributed by atoms with Gasteiger partial charge in [0.1, 0.15) is 11.8 Å². The number of benzene rings is 3. The van der Waals surface area contributed by atoms with Crippen molar-refractivity contribution in [2.45, 2.75) is 71.0 Å². The highest BCUT2D eigenvalue weighted by Gasteiger charge is 2.32. The lowest BCUT2D eigenvalue weighted by Gasteiger charge is -2.33. The van der Waals surface area contributed by atoms with Crippen LogP contribution in [0.1, 0.15) is 54.4 Å². The van der Waals surface area contributed by atoms with E-state index in [1.807, 2.05) is 86.6 Å². The van der Waals surface area contributed by atoms with Crippen LogP contribution in [-0.4, -0.2) is 35.4 Å². The second-order valence-electron chi connectivity index (χ2n) is 10.1. The first-order chi connectivity index (χ1) is 18.0. The molecular formula is C32H38N2O3. The predicted molar refractivity (Wildman–Crippen MR) is 147 cm³/mol. The van der Waals surface area contributed by atoms with E-state index >= 15 is 0 Å². The van der Waals surface area contributed by atoms with E-state index in [9.17, 15) is 9.59 Å². The smallest absolute Gasteiger partial charge is 0.261 e. The van der Waals surface area contributed by atoms with Crippen LogP contribution >= 0.6 is 0 Å². The van der Waals surface area contributed by atoms with Crippen molar-refractivity contribution < 1.29 is 14.3 Å². The van der Waals surface area contributed by atoms with E-state index < -0.39 is 6.04 Å².